The Hall–Kier alpha value is -2.63. The lowest BCUT2D eigenvalue weighted by atomic mass is 10.0. The van der Waals surface area contributed by atoms with Gasteiger partial charge >= 0.3 is 5.97 Å². The van der Waals surface area contributed by atoms with Crippen molar-refractivity contribution in [2.24, 2.45) is 0 Å². The summed E-state index contributed by atoms with van der Waals surface area (Å²) in [4.78, 5) is 21.2. The minimum absolute atomic E-state index is 0.269. The Labute approximate surface area is 122 Å². The average molecular weight is 285 g/mol. The zero-order valence-electron chi connectivity index (χ0n) is 11.4. The van der Waals surface area contributed by atoms with Crippen LogP contribution in [0.5, 0.6) is 5.88 Å². The number of aliphatic carboxylic acids is 1. The monoisotopic (exact) mass is 285 g/mol. The number of nitrogens with zero attached hydrogens (tertiary/aromatic N) is 3. The first kappa shape index (κ1) is 13.4. The molecule has 6 heteroatoms. The third-order valence-corrected chi connectivity index (χ3v) is 3.31. The maximum atomic E-state index is 10.5. The van der Waals surface area contributed by atoms with Crippen LogP contribution < -0.4 is 9.64 Å². The number of carbonyl (C=O) groups is 1. The number of carboxylic acid groups (broad SMARTS) is 1. The molecule has 0 amide bonds. The molecule has 1 aromatic carbocycles. The van der Waals surface area contributed by atoms with Crippen molar-refractivity contribution in [2.75, 3.05) is 18.1 Å². The van der Waals surface area contributed by atoms with E-state index in [0.717, 1.165) is 25.1 Å². The highest BCUT2D eigenvalue weighted by Crippen LogP contribution is 2.31. The zero-order chi connectivity index (χ0) is 14.7. The molecule has 0 spiro atoms. The topological polar surface area (TPSA) is 75.6 Å². The maximum absolute atomic E-state index is 10.5. The highest BCUT2D eigenvalue weighted by molar-refractivity contribution is 5.68. The van der Waals surface area contributed by atoms with Crippen molar-refractivity contribution < 1.29 is 14.6 Å². The van der Waals surface area contributed by atoms with Gasteiger partial charge < -0.3 is 14.7 Å². The number of aryl methyl sites for hydroxylation is 1. The SMILES string of the molecule is O=C(O)COc1ccnc(N2CCCc3ccccc32)n1. The molecule has 0 atom stereocenters. The summed E-state index contributed by atoms with van der Waals surface area (Å²) < 4.78 is 5.11. The molecular weight excluding hydrogens is 270 g/mol. The molecule has 108 valence electrons. The highest BCUT2D eigenvalue weighted by atomic mass is 16.5. The molecule has 3 rings (SSSR count). The molecule has 0 radical (unpaired) electrons. The normalized spacial score (nSPS) is 13.6. The van der Waals surface area contributed by atoms with Crippen LogP contribution in [0.4, 0.5) is 11.6 Å². The van der Waals surface area contributed by atoms with Crippen LogP contribution in [-0.2, 0) is 11.2 Å². The van der Waals surface area contributed by atoms with Crippen molar-refractivity contribution in [1.29, 1.82) is 0 Å². The van der Waals surface area contributed by atoms with Crippen LogP contribution in [0.2, 0.25) is 0 Å². The first-order valence-corrected chi connectivity index (χ1v) is 6.77. The Bertz CT molecular complexity index is 660. The van der Waals surface area contributed by atoms with E-state index in [2.05, 4.69) is 16.0 Å². The predicted molar refractivity (Wildman–Crippen MR) is 76.9 cm³/mol. The Balaban J connectivity index is 1.87. The van der Waals surface area contributed by atoms with Crippen molar-refractivity contribution in [1.82, 2.24) is 9.97 Å². The molecule has 1 N–H and O–H groups in total. The fraction of sp³-hybridized carbons (Fsp3) is 0.267. The van der Waals surface area contributed by atoms with E-state index in [4.69, 9.17) is 9.84 Å². The van der Waals surface area contributed by atoms with E-state index in [0.29, 0.717) is 5.95 Å². The fourth-order valence-corrected chi connectivity index (χ4v) is 2.42. The van der Waals surface area contributed by atoms with Gasteiger partial charge in [0, 0.05) is 24.5 Å². The summed E-state index contributed by atoms with van der Waals surface area (Å²) in [7, 11) is 0. The number of carboxylic acids is 1. The van der Waals surface area contributed by atoms with Gasteiger partial charge in [-0.05, 0) is 24.5 Å². The van der Waals surface area contributed by atoms with E-state index in [1.807, 2.05) is 23.1 Å². The summed E-state index contributed by atoms with van der Waals surface area (Å²) in [5, 5.41) is 8.64. The Morgan fingerprint density at radius 2 is 2.19 bits per heavy atom. The van der Waals surface area contributed by atoms with Crippen LogP contribution in [0.25, 0.3) is 0 Å². The lowest BCUT2D eigenvalue weighted by Crippen LogP contribution is -2.26. The van der Waals surface area contributed by atoms with Gasteiger partial charge in [-0.2, -0.15) is 4.98 Å². The molecule has 1 aliphatic heterocycles. The number of aromatic nitrogens is 2. The molecule has 21 heavy (non-hydrogen) atoms. The van der Waals surface area contributed by atoms with E-state index in [-0.39, 0.29) is 5.88 Å². The number of fused-ring (bicyclic) bond motifs is 1. The first-order chi connectivity index (χ1) is 10.2. The fourth-order valence-electron chi connectivity index (χ4n) is 2.42. The number of ether oxygens (including phenoxy) is 1. The molecule has 0 saturated carbocycles. The number of benzene rings is 1. The second kappa shape index (κ2) is 5.78. The van der Waals surface area contributed by atoms with Crippen LogP contribution >= 0.6 is 0 Å². The summed E-state index contributed by atoms with van der Waals surface area (Å²) in [6.45, 7) is 0.423. The molecule has 0 bridgehead atoms. The van der Waals surface area contributed by atoms with E-state index in [9.17, 15) is 4.79 Å². The molecule has 0 fully saturated rings. The second-order valence-corrected chi connectivity index (χ2v) is 4.76. The standard InChI is InChI=1S/C15H15N3O3/c19-14(20)10-21-13-7-8-16-15(17-13)18-9-3-5-11-4-1-2-6-12(11)18/h1-2,4,6-8H,3,5,9-10H2,(H,19,20). The third kappa shape index (κ3) is 2.94. The summed E-state index contributed by atoms with van der Waals surface area (Å²) in [5.74, 6) is -0.228. The average Bonchev–Trinajstić information content (AvgIpc) is 2.52. The smallest absolute Gasteiger partial charge is 0.341 e. The summed E-state index contributed by atoms with van der Waals surface area (Å²) in [6, 6.07) is 9.72. The molecular formula is C15H15N3O3. The Morgan fingerprint density at radius 1 is 1.33 bits per heavy atom. The molecule has 0 saturated heterocycles. The van der Waals surface area contributed by atoms with Gasteiger partial charge in [-0.1, -0.05) is 18.2 Å². The Morgan fingerprint density at radius 3 is 3.05 bits per heavy atom. The molecule has 6 nitrogen and oxygen atoms in total. The third-order valence-electron chi connectivity index (χ3n) is 3.31. The summed E-state index contributed by atoms with van der Waals surface area (Å²) >= 11 is 0. The molecule has 0 aliphatic carbocycles. The van der Waals surface area contributed by atoms with Gasteiger partial charge in [0.05, 0.1) is 0 Å². The van der Waals surface area contributed by atoms with E-state index < -0.39 is 12.6 Å². The van der Waals surface area contributed by atoms with E-state index >= 15 is 0 Å². The minimum atomic E-state index is -1.03. The number of para-hydroxylation sites is 1. The van der Waals surface area contributed by atoms with E-state index in [1.54, 1.807) is 12.3 Å². The number of hydrogen-bond donors (Lipinski definition) is 1. The lowest BCUT2D eigenvalue weighted by Gasteiger charge is -2.29. The largest absolute Gasteiger partial charge is 0.479 e. The van der Waals surface area contributed by atoms with Crippen molar-refractivity contribution in [3.8, 4) is 5.88 Å². The van der Waals surface area contributed by atoms with Gasteiger partial charge in [-0.25, -0.2) is 9.78 Å². The summed E-state index contributed by atoms with van der Waals surface area (Å²) in [6.07, 6.45) is 3.65. The van der Waals surface area contributed by atoms with Crippen LogP contribution in [0.1, 0.15) is 12.0 Å². The molecule has 0 unspecified atom stereocenters. The van der Waals surface area contributed by atoms with Crippen molar-refractivity contribution in [3.63, 3.8) is 0 Å². The van der Waals surface area contributed by atoms with Crippen LogP contribution in [0.3, 0.4) is 0 Å². The number of hydrogen-bond acceptors (Lipinski definition) is 5. The van der Waals surface area contributed by atoms with Gasteiger partial charge in [-0.3, -0.25) is 0 Å². The quantitative estimate of drug-likeness (QED) is 0.926. The van der Waals surface area contributed by atoms with Crippen molar-refractivity contribution in [3.05, 3.63) is 42.1 Å². The number of anilines is 2. The molecule has 2 heterocycles. The number of rotatable bonds is 4. The van der Waals surface area contributed by atoms with Gasteiger partial charge in [0.2, 0.25) is 11.8 Å². The van der Waals surface area contributed by atoms with Crippen LogP contribution in [-0.4, -0.2) is 34.2 Å². The zero-order valence-corrected chi connectivity index (χ0v) is 11.4. The molecule has 2 aromatic rings. The predicted octanol–water partition coefficient (Wildman–Crippen LogP) is 2.02. The van der Waals surface area contributed by atoms with Crippen LogP contribution in [0.15, 0.2) is 36.5 Å². The first-order valence-electron chi connectivity index (χ1n) is 6.77. The highest BCUT2D eigenvalue weighted by Gasteiger charge is 2.20. The molecule has 1 aliphatic rings. The van der Waals surface area contributed by atoms with Gasteiger partial charge in [0.25, 0.3) is 0 Å². The second-order valence-electron chi connectivity index (χ2n) is 4.76. The van der Waals surface area contributed by atoms with Crippen molar-refractivity contribution in [2.45, 2.75) is 12.8 Å². The summed E-state index contributed by atoms with van der Waals surface area (Å²) in [5.41, 5.74) is 2.36. The molecule has 1 aromatic heterocycles. The maximum Gasteiger partial charge on any atom is 0.341 e. The van der Waals surface area contributed by atoms with Gasteiger partial charge in [0.15, 0.2) is 6.61 Å². The lowest BCUT2D eigenvalue weighted by molar-refractivity contribution is -0.139. The van der Waals surface area contributed by atoms with Gasteiger partial charge in [0.1, 0.15) is 0 Å². The van der Waals surface area contributed by atoms with Crippen molar-refractivity contribution >= 4 is 17.6 Å². The van der Waals surface area contributed by atoms with Crippen LogP contribution in [0, 0.1) is 0 Å². The van der Waals surface area contributed by atoms with E-state index in [1.165, 1.54) is 5.56 Å². The van der Waals surface area contributed by atoms with Gasteiger partial charge in [-0.15, -0.1) is 0 Å². The Kier molecular flexibility index (Phi) is 3.68. The minimum Gasteiger partial charge on any atom is -0.479 e.